The van der Waals surface area contributed by atoms with Gasteiger partial charge in [0.2, 0.25) is 5.91 Å². The third-order valence-corrected chi connectivity index (χ3v) is 5.65. The third-order valence-electron chi connectivity index (χ3n) is 5.65. The van der Waals surface area contributed by atoms with Gasteiger partial charge in [0.15, 0.2) is 0 Å². The van der Waals surface area contributed by atoms with Crippen LogP contribution in [0, 0.1) is 0 Å². The van der Waals surface area contributed by atoms with E-state index in [-0.39, 0.29) is 24.0 Å². The van der Waals surface area contributed by atoms with Crippen molar-refractivity contribution in [2.45, 2.75) is 50.2 Å². The Morgan fingerprint density at radius 3 is 2.00 bits per heavy atom. The average molecular weight is 402 g/mol. The summed E-state index contributed by atoms with van der Waals surface area (Å²) in [6.07, 6.45) is 7.53. The summed E-state index contributed by atoms with van der Waals surface area (Å²) < 4.78 is 5.85. The Hall–Kier alpha value is -3.21. The second kappa shape index (κ2) is 10.0. The van der Waals surface area contributed by atoms with Gasteiger partial charge < -0.3 is 10.1 Å². The molecule has 154 valence electrons. The SMILES string of the molecule is O=C(CC(c1ccccc1)c1ccccc1)NC1CCC(Oc2ncccn2)CC1. The molecule has 1 aliphatic carbocycles. The van der Waals surface area contributed by atoms with Crippen LogP contribution in [0.15, 0.2) is 79.1 Å². The zero-order chi connectivity index (χ0) is 20.6. The van der Waals surface area contributed by atoms with E-state index >= 15 is 0 Å². The molecule has 5 heteroatoms. The predicted octanol–water partition coefficient (Wildman–Crippen LogP) is 4.51. The molecule has 1 amide bonds. The summed E-state index contributed by atoms with van der Waals surface area (Å²) in [6.45, 7) is 0. The molecule has 2 aromatic carbocycles. The Balaban J connectivity index is 1.32. The molecule has 1 aliphatic rings. The molecule has 30 heavy (non-hydrogen) atoms. The van der Waals surface area contributed by atoms with E-state index in [2.05, 4.69) is 39.6 Å². The second-order valence-corrected chi connectivity index (χ2v) is 7.77. The van der Waals surface area contributed by atoms with Crippen molar-refractivity contribution in [3.8, 4) is 6.01 Å². The second-order valence-electron chi connectivity index (χ2n) is 7.77. The number of carbonyl (C=O) groups excluding carboxylic acids is 1. The van der Waals surface area contributed by atoms with Crippen molar-refractivity contribution in [1.82, 2.24) is 15.3 Å². The molecule has 0 saturated heterocycles. The van der Waals surface area contributed by atoms with Crippen molar-refractivity contribution < 1.29 is 9.53 Å². The maximum Gasteiger partial charge on any atom is 0.316 e. The fraction of sp³-hybridized carbons (Fsp3) is 0.320. The average Bonchev–Trinajstić information content (AvgIpc) is 2.81. The van der Waals surface area contributed by atoms with Crippen molar-refractivity contribution in [1.29, 1.82) is 0 Å². The van der Waals surface area contributed by atoms with Gasteiger partial charge in [-0.25, -0.2) is 9.97 Å². The number of amides is 1. The maximum atomic E-state index is 12.9. The Morgan fingerprint density at radius 2 is 1.43 bits per heavy atom. The zero-order valence-corrected chi connectivity index (χ0v) is 17.0. The Kier molecular flexibility index (Phi) is 6.70. The van der Waals surface area contributed by atoms with Crippen LogP contribution in [0.5, 0.6) is 6.01 Å². The molecular formula is C25H27N3O2. The lowest BCUT2D eigenvalue weighted by Crippen LogP contribution is -2.40. The van der Waals surface area contributed by atoms with Gasteiger partial charge in [-0.1, -0.05) is 60.7 Å². The molecule has 1 N–H and O–H groups in total. The van der Waals surface area contributed by atoms with Gasteiger partial charge in [0.1, 0.15) is 6.10 Å². The molecular weight excluding hydrogens is 374 g/mol. The normalized spacial score (nSPS) is 18.7. The highest BCUT2D eigenvalue weighted by atomic mass is 16.5. The minimum atomic E-state index is 0.0577. The molecule has 1 fully saturated rings. The summed E-state index contributed by atoms with van der Waals surface area (Å²) in [4.78, 5) is 21.1. The van der Waals surface area contributed by atoms with Crippen LogP contribution in [0.2, 0.25) is 0 Å². The highest BCUT2D eigenvalue weighted by Gasteiger charge is 2.25. The monoisotopic (exact) mass is 401 g/mol. The van der Waals surface area contributed by atoms with Crippen molar-refractivity contribution in [2.75, 3.05) is 0 Å². The van der Waals surface area contributed by atoms with Crippen LogP contribution >= 0.6 is 0 Å². The molecule has 4 rings (SSSR count). The molecule has 0 atom stereocenters. The standard InChI is InChI=1S/C25H27N3O2/c29-24(18-23(19-8-3-1-4-9-19)20-10-5-2-6-11-20)28-21-12-14-22(15-13-21)30-25-26-16-7-17-27-25/h1-11,16-17,21-23H,12-15,18H2,(H,28,29). The van der Waals surface area contributed by atoms with Crippen LogP contribution in [-0.2, 0) is 4.79 Å². The first kappa shape index (κ1) is 20.1. The van der Waals surface area contributed by atoms with Crippen LogP contribution in [0.3, 0.4) is 0 Å². The highest BCUT2D eigenvalue weighted by molar-refractivity contribution is 5.78. The molecule has 0 aliphatic heterocycles. The zero-order valence-electron chi connectivity index (χ0n) is 17.0. The van der Waals surface area contributed by atoms with Crippen molar-refractivity contribution in [2.24, 2.45) is 0 Å². The van der Waals surface area contributed by atoms with Crippen molar-refractivity contribution in [3.05, 3.63) is 90.3 Å². The summed E-state index contributed by atoms with van der Waals surface area (Å²) in [6, 6.07) is 22.9. The lowest BCUT2D eigenvalue weighted by Gasteiger charge is -2.29. The minimum absolute atomic E-state index is 0.0577. The smallest absolute Gasteiger partial charge is 0.316 e. The topological polar surface area (TPSA) is 64.1 Å². The highest BCUT2D eigenvalue weighted by Crippen LogP contribution is 2.28. The van der Waals surface area contributed by atoms with E-state index in [1.807, 2.05) is 36.4 Å². The molecule has 5 nitrogen and oxygen atoms in total. The maximum absolute atomic E-state index is 12.9. The van der Waals surface area contributed by atoms with Gasteiger partial charge in [0.25, 0.3) is 0 Å². The largest absolute Gasteiger partial charge is 0.460 e. The number of aromatic nitrogens is 2. The van der Waals surface area contributed by atoms with E-state index in [1.165, 1.54) is 11.1 Å². The van der Waals surface area contributed by atoms with E-state index in [0.29, 0.717) is 12.4 Å². The first-order chi connectivity index (χ1) is 14.8. The van der Waals surface area contributed by atoms with E-state index in [9.17, 15) is 4.79 Å². The molecule has 0 unspecified atom stereocenters. The Labute approximate surface area is 177 Å². The number of hydrogen-bond donors (Lipinski definition) is 1. The summed E-state index contributed by atoms with van der Waals surface area (Å²) in [5, 5.41) is 3.25. The van der Waals surface area contributed by atoms with Gasteiger partial charge in [-0.05, 0) is 42.9 Å². The first-order valence-corrected chi connectivity index (χ1v) is 10.6. The van der Waals surface area contributed by atoms with Gasteiger partial charge in [-0.15, -0.1) is 0 Å². The van der Waals surface area contributed by atoms with E-state index in [4.69, 9.17) is 4.74 Å². The van der Waals surface area contributed by atoms with E-state index in [1.54, 1.807) is 18.5 Å². The van der Waals surface area contributed by atoms with E-state index in [0.717, 1.165) is 25.7 Å². The summed E-state index contributed by atoms with van der Waals surface area (Å²) in [5.41, 5.74) is 2.33. The quantitative estimate of drug-likeness (QED) is 0.633. The number of hydrogen-bond acceptors (Lipinski definition) is 4. The van der Waals surface area contributed by atoms with Crippen LogP contribution < -0.4 is 10.1 Å². The number of carbonyl (C=O) groups is 1. The van der Waals surface area contributed by atoms with Gasteiger partial charge in [-0.2, -0.15) is 0 Å². The Morgan fingerprint density at radius 1 is 0.867 bits per heavy atom. The van der Waals surface area contributed by atoms with Gasteiger partial charge in [-0.3, -0.25) is 4.79 Å². The Bertz CT molecular complexity index is 871. The van der Waals surface area contributed by atoms with Gasteiger partial charge in [0, 0.05) is 30.8 Å². The van der Waals surface area contributed by atoms with Crippen molar-refractivity contribution >= 4 is 5.91 Å². The lowest BCUT2D eigenvalue weighted by atomic mass is 9.87. The molecule has 1 aromatic heterocycles. The number of rotatable bonds is 7. The lowest BCUT2D eigenvalue weighted by molar-refractivity contribution is -0.122. The molecule has 1 heterocycles. The third kappa shape index (κ3) is 5.44. The summed E-state index contributed by atoms with van der Waals surface area (Å²) in [7, 11) is 0. The van der Waals surface area contributed by atoms with Crippen LogP contribution in [0.25, 0.3) is 0 Å². The number of nitrogens with one attached hydrogen (secondary N) is 1. The molecule has 0 bridgehead atoms. The first-order valence-electron chi connectivity index (χ1n) is 10.6. The van der Waals surface area contributed by atoms with E-state index < -0.39 is 0 Å². The fourth-order valence-corrected chi connectivity index (χ4v) is 4.09. The van der Waals surface area contributed by atoms with Crippen LogP contribution in [0.1, 0.15) is 49.1 Å². The predicted molar refractivity (Wildman–Crippen MR) is 116 cm³/mol. The fourth-order valence-electron chi connectivity index (χ4n) is 4.09. The number of nitrogens with zero attached hydrogens (tertiary/aromatic N) is 2. The number of benzene rings is 2. The summed E-state index contributed by atoms with van der Waals surface area (Å²) >= 11 is 0. The minimum Gasteiger partial charge on any atom is -0.460 e. The van der Waals surface area contributed by atoms with Crippen LogP contribution in [0.4, 0.5) is 0 Å². The molecule has 0 radical (unpaired) electrons. The summed E-state index contributed by atoms with van der Waals surface area (Å²) in [5.74, 6) is 0.158. The molecule has 0 spiro atoms. The van der Waals surface area contributed by atoms with Gasteiger partial charge in [0.05, 0.1) is 0 Å². The van der Waals surface area contributed by atoms with Crippen LogP contribution in [-0.4, -0.2) is 28.0 Å². The molecule has 3 aromatic rings. The number of ether oxygens (including phenoxy) is 1. The van der Waals surface area contributed by atoms with Gasteiger partial charge >= 0.3 is 6.01 Å². The van der Waals surface area contributed by atoms with Crippen molar-refractivity contribution in [3.63, 3.8) is 0 Å². The molecule has 1 saturated carbocycles.